The van der Waals surface area contributed by atoms with Gasteiger partial charge in [0, 0.05) is 12.8 Å². The summed E-state index contributed by atoms with van der Waals surface area (Å²) in [5, 5.41) is 9.53. The Morgan fingerprint density at radius 1 is 0.500 bits per heavy atom. The van der Waals surface area contributed by atoms with Gasteiger partial charge in [0.05, 0.1) is 6.61 Å². The van der Waals surface area contributed by atoms with Crippen molar-refractivity contribution >= 4 is 11.9 Å². The number of hydrogen-bond donors (Lipinski definition) is 1. The summed E-state index contributed by atoms with van der Waals surface area (Å²) in [4.78, 5) is 24.2. The van der Waals surface area contributed by atoms with E-state index in [1.165, 1.54) is 103 Å². The van der Waals surface area contributed by atoms with Crippen LogP contribution in [0.4, 0.5) is 0 Å². The molecule has 0 aliphatic rings. The largest absolute Gasteiger partial charge is 0.462 e. The van der Waals surface area contributed by atoms with Gasteiger partial charge in [0.1, 0.15) is 6.61 Å². The van der Waals surface area contributed by atoms with E-state index in [4.69, 9.17) is 9.47 Å². The molecule has 0 unspecified atom stereocenters. The Morgan fingerprint density at radius 2 is 0.891 bits per heavy atom. The summed E-state index contributed by atoms with van der Waals surface area (Å²) in [7, 11) is 0. The Hall–Kier alpha value is -2.14. The van der Waals surface area contributed by atoms with Gasteiger partial charge < -0.3 is 14.6 Å². The fourth-order valence-corrected chi connectivity index (χ4v) is 5.19. The zero-order valence-corrected chi connectivity index (χ0v) is 30.1. The van der Waals surface area contributed by atoms with Gasteiger partial charge in [-0.25, -0.2) is 0 Å². The lowest BCUT2D eigenvalue weighted by Crippen LogP contribution is -2.28. The number of carbonyl (C=O) groups is 2. The van der Waals surface area contributed by atoms with Gasteiger partial charge in [-0.2, -0.15) is 0 Å². The van der Waals surface area contributed by atoms with Crippen LogP contribution in [-0.4, -0.2) is 36.4 Å². The highest BCUT2D eigenvalue weighted by Crippen LogP contribution is 2.14. The number of rotatable bonds is 34. The summed E-state index contributed by atoms with van der Waals surface area (Å²) in [5.41, 5.74) is 0. The first-order valence-corrected chi connectivity index (χ1v) is 19.2. The second-order valence-electron chi connectivity index (χ2n) is 12.7. The minimum absolute atomic E-state index is 0.0863. The van der Waals surface area contributed by atoms with Crippen LogP contribution in [0.3, 0.4) is 0 Å². The number of hydrogen-bond acceptors (Lipinski definition) is 5. The van der Waals surface area contributed by atoms with Gasteiger partial charge in [0.25, 0.3) is 0 Å². The number of esters is 2. The third kappa shape index (κ3) is 34.7. The fraction of sp³-hybridized carbons (Fsp3) is 0.756. The van der Waals surface area contributed by atoms with Gasteiger partial charge in [-0.05, 0) is 51.4 Å². The van der Waals surface area contributed by atoms with Gasteiger partial charge in [-0.15, -0.1) is 0 Å². The van der Waals surface area contributed by atoms with Crippen molar-refractivity contribution in [3.05, 3.63) is 48.6 Å². The summed E-state index contributed by atoms with van der Waals surface area (Å²) < 4.78 is 10.6. The zero-order chi connectivity index (χ0) is 33.6. The second kappa shape index (κ2) is 37.3. The summed E-state index contributed by atoms with van der Waals surface area (Å²) in [6.07, 6.45) is 46.0. The van der Waals surface area contributed by atoms with Gasteiger partial charge >= 0.3 is 11.9 Å². The molecule has 5 nitrogen and oxygen atoms in total. The molecule has 0 fully saturated rings. The van der Waals surface area contributed by atoms with Crippen LogP contribution in [0.15, 0.2) is 48.6 Å². The second-order valence-corrected chi connectivity index (χ2v) is 12.7. The molecule has 0 saturated heterocycles. The molecule has 1 N–H and O–H groups in total. The van der Waals surface area contributed by atoms with Crippen molar-refractivity contribution in [1.29, 1.82) is 0 Å². The molecule has 0 heterocycles. The molecule has 0 aromatic rings. The first kappa shape index (κ1) is 43.9. The van der Waals surface area contributed by atoms with E-state index >= 15 is 0 Å². The Kier molecular flexibility index (Phi) is 35.6. The van der Waals surface area contributed by atoms with Crippen LogP contribution in [0.1, 0.15) is 181 Å². The van der Waals surface area contributed by atoms with E-state index in [0.29, 0.717) is 12.8 Å². The standard InChI is InChI=1S/C41H72O5/c1-3-5-7-9-11-13-15-17-19-20-22-24-26-28-30-32-34-36-41(44)46-39(37-42)38-45-40(43)35-33-31-29-27-25-23-21-18-16-14-12-10-8-6-4-2/h11,13,17,19,22,24,28,30,39,42H,3-10,12,14-16,18,20-21,23,25-27,29,31-38H2,1-2H3/b13-11-,19-17-,24-22-,30-28-/t39-/m0/s1. The molecular weight excluding hydrogens is 572 g/mol. The van der Waals surface area contributed by atoms with Crippen molar-refractivity contribution in [1.82, 2.24) is 0 Å². The highest BCUT2D eigenvalue weighted by atomic mass is 16.6. The molecule has 0 saturated carbocycles. The topological polar surface area (TPSA) is 72.8 Å². The lowest BCUT2D eigenvalue weighted by Gasteiger charge is -2.15. The summed E-state index contributed by atoms with van der Waals surface area (Å²) in [6, 6.07) is 0. The quantitative estimate of drug-likeness (QED) is 0.0429. The lowest BCUT2D eigenvalue weighted by molar-refractivity contribution is -0.161. The summed E-state index contributed by atoms with van der Waals surface area (Å²) in [5.74, 6) is -0.655. The normalized spacial score (nSPS) is 12.7. The molecule has 0 spiro atoms. The monoisotopic (exact) mass is 645 g/mol. The van der Waals surface area contributed by atoms with E-state index in [0.717, 1.165) is 44.9 Å². The van der Waals surface area contributed by atoms with Crippen molar-refractivity contribution in [2.75, 3.05) is 13.2 Å². The molecule has 1 atom stereocenters. The number of carbonyl (C=O) groups excluding carboxylic acids is 2. The van der Waals surface area contributed by atoms with Crippen LogP contribution in [0, 0.1) is 0 Å². The van der Waals surface area contributed by atoms with E-state index in [1.807, 2.05) is 0 Å². The van der Waals surface area contributed by atoms with E-state index < -0.39 is 6.10 Å². The maximum Gasteiger partial charge on any atom is 0.306 e. The van der Waals surface area contributed by atoms with Crippen LogP contribution >= 0.6 is 0 Å². The van der Waals surface area contributed by atoms with Gasteiger partial charge in [-0.3, -0.25) is 9.59 Å². The Balaban J connectivity index is 3.66. The fourth-order valence-electron chi connectivity index (χ4n) is 5.19. The number of aliphatic hydroxyl groups is 1. The molecule has 266 valence electrons. The highest BCUT2D eigenvalue weighted by molar-refractivity contribution is 5.70. The van der Waals surface area contributed by atoms with Crippen molar-refractivity contribution < 1.29 is 24.2 Å². The first-order valence-electron chi connectivity index (χ1n) is 19.2. The number of allylic oxidation sites excluding steroid dienone is 8. The first-order chi connectivity index (χ1) is 22.6. The summed E-state index contributed by atoms with van der Waals surface area (Å²) in [6.45, 7) is 4.06. The van der Waals surface area contributed by atoms with Gasteiger partial charge in [0.15, 0.2) is 6.10 Å². The van der Waals surface area contributed by atoms with Crippen LogP contribution in [-0.2, 0) is 19.1 Å². The Labute approximate surface area is 284 Å². The van der Waals surface area contributed by atoms with Crippen molar-refractivity contribution in [2.24, 2.45) is 0 Å². The third-order valence-electron chi connectivity index (χ3n) is 8.13. The van der Waals surface area contributed by atoms with Crippen LogP contribution in [0.2, 0.25) is 0 Å². The van der Waals surface area contributed by atoms with Crippen molar-refractivity contribution in [2.45, 2.75) is 187 Å². The Morgan fingerprint density at radius 3 is 1.37 bits per heavy atom. The average Bonchev–Trinajstić information content (AvgIpc) is 3.06. The molecule has 5 heteroatoms. The molecular formula is C41H72O5. The number of unbranched alkanes of at least 4 members (excludes halogenated alkanes) is 18. The van der Waals surface area contributed by atoms with Crippen LogP contribution in [0.5, 0.6) is 0 Å². The van der Waals surface area contributed by atoms with E-state index in [2.05, 4.69) is 62.5 Å². The molecule has 0 radical (unpaired) electrons. The molecule has 0 aliphatic heterocycles. The smallest absolute Gasteiger partial charge is 0.306 e. The molecule has 0 aliphatic carbocycles. The molecule has 0 rings (SSSR count). The maximum atomic E-state index is 12.1. The molecule has 0 bridgehead atoms. The van der Waals surface area contributed by atoms with E-state index in [-0.39, 0.29) is 31.6 Å². The number of aliphatic hydroxyl groups excluding tert-OH is 1. The van der Waals surface area contributed by atoms with E-state index in [9.17, 15) is 14.7 Å². The Bertz CT molecular complexity index is 782. The van der Waals surface area contributed by atoms with Crippen molar-refractivity contribution in [3.8, 4) is 0 Å². The predicted octanol–water partition coefficient (Wildman–Crippen LogP) is 11.8. The third-order valence-corrected chi connectivity index (χ3v) is 8.13. The minimum Gasteiger partial charge on any atom is -0.462 e. The molecule has 0 amide bonds. The average molecular weight is 645 g/mol. The zero-order valence-electron chi connectivity index (χ0n) is 30.1. The molecule has 0 aromatic heterocycles. The van der Waals surface area contributed by atoms with E-state index in [1.54, 1.807) is 0 Å². The van der Waals surface area contributed by atoms with Gasteiger partial charge in [-0.1, -0.05) is 165 Å². The maximum absolute atomic E-state index is 12.1. The number of ether oxygens (including phenoxy) is 2. The van der Waals surface area contributed by atoms with Gasteiger partial charge in [0.2, 0.25) is 0 Å². The van der Waals surface area contributed by atoms with Crippen LogP contribution in [0.25, 0.3) is 0 Å². The predicted molar refractivity (Wildman–Crippen MR) is 196 cm³/mol. The summed E-state index contributed by atoms with van der Waals surface area (Å²) >= 11 is 0. The lowest BCUT2D eigenvalue weighted by atomic mass is 10.0. The molecule has 0 aromatic carbocycles. The van der Waals surface area contributed by atoms with Crippen molar-refractivity contribution in [3.63, 3.8) is 0 Å². The SMILES string of the molecule is CCCCC/C=C\C/C=C\C/C=C\C/C=C\CCCC(=O)O[C@@H](CO)COC(=O)CCCCCCCCCCCCCCCCC. The minimum atomic E-state index is -0.797. The molecule has 46 heavy (non-hydrogen) atoms. The highest BCUT2D eigenvalue weighted by Gasteiger charge is 2.15. The van der Waals surface area contributed by atoms with Crippen LogP contribution < -0.4 is 0 Å².